The fourth-order valence-corrected chi connectivity index (χ4v) is 2.46. The molecule has 0 atom stereocenters. The van der Waals surface area contributed by atoms with E-state index in [2.05, 4.69) is 9.97 Å². The van der Waals surface area contributed by atoms with E-state index < -0.39 is 0 Å². The highest BCUT2D eigenvalue weighted by Crippen LogP contribution is 2.33. The Morgan fingerprint density at radius 2 is 2.00 bits per heavy atom. The van der Waals surface area contributed by atoms with Gasteiger partial charge in [0.1, 0.15) is 5.69 Å². The van der Waals surface area contributed by atoms with Crippen molar-refractivity contribution in [2.45, 2.75) is 31.6 Å². The van der Waals surface area contributed by atoms with Gasteiger partial charge in [-0.05, 0) is 24.3 Å². The Kier molecular flexibility index (Phi) is 2.20. The molecule has 4 nitrogen and oxygen atoms in total. The van der Waals surface area contributed by atoms with Crippen molar-refractivity contribution in [1.29, 1.82) is 0 Å². The lowest BCUT2D eigenvalue weighted by Crippen LogP contribution is -1.99. The minimum absolute atomic E-state index is 0.572. The fourth-order valence-electron chi connectivity index (χ4n) is 2.46. The number of hydrogen-bond acceptors (Lipinski definition) is 3. The smallest absolute Gasteiger partial charge is 0.234 e. The second kappa shape index (κ2) is 3.70. The molecule has 16 heavy (non-hydrogen) atoms. The molecule has 0 saturated heterocycles. The van der Waals surface area contributed by atoms with Crippen LogP contribution in [0.4, 0.5) is 0 Å². The van der Waals surface area contributed by atoms with Crippen molar-refractivity contribution in [3.8, 4) is 0 Å². The number of carbonyl (C=O) groups excluding carboxylic acids is 1. The molecule has 0 aromatic carbocycles. The third-order valence-electron chi connectivity index (χ3n) is 3.36. The van der Waals surface area contributed by atoms with Crippen LogP contribution in [0, 0.1) is 0 Å². The summed E-state index contributed by atoms with van der Waals surface area (Å²) in [4.78, 5) is 19.2. The number of fused-ring (bicyclic) bond motifs is 1. The largest absolute Gasteiger partial charge is 0.296 e. The van der Waals surface area contributed by atoms with Gasteiger partial charge in [0.15, 0.2) is 6.29 Å². The van der Waals surface area contributed by atoms with Gasteiger partial charge in [-0.15, -0.1) is 0 Å². The Balaban J connectivity index is 2.09. The summed E-state index contributed by atoms with van der Waals surface area (Å²) < 4.78 is 1.78. The Morgan fingerprint density at radius 1 is 1.25 bits per heavy atom. The maximum absolute atomic E-state index is 10.8. The van der Waals surface area contributed by atoms with Crippen LogP contribution in [-0.2, 0) is 0 Å². The number of nitrogens with zero attached hydrogens (tertiary/aromatic N) is 3. The van der Waals surface area contributed by atoms with Crippen LogP contribution in [0.1, 0.15) is 47.7 Å². The first-order chi connectivity index (χ1) is 7.88. The minimum Gasteiger partial charge on any atom is -0.296 e. The molecule has 0 amide bonds. The quantitative estimate of drug-likeness (QED) is 0.721. The monoisotopic (exact) mass is 215 g/mol. The van der Waals surface area contributed by atoms with Gasteiger partial charge >= 0.3 is 0 Å². The Hall–Kier alpha value is -1.71. The zero-order valence-electron chi connectivity index (χ0n) is 8.97. The lowest BCUT2D eigenvalue weighted by Gasteiger charge is -2.08. The molecule has 1 aliphatic rings. The maximum atomic E-state index is 10.8. The SMILES string of the molecule is O=Cc1cnc2ncc(C3CCCC3)cn12. The van der Waals surface area contributed by atoms with Crippen LogP contribution >= 0.6 is 0 Å². The van der Waals surface area contributed by atoms with Crippen LogP contribution < -0.4 is 0 Å². The first-order valence-corrected chi connectivity index (χ1v) is 5.66. The molecule has 0 radical (unpaired) electrons. The summed E-state index contributed by atoms with van der Waals surface area (Å²) in [5.41, 5.74) is 1.80. The average Bonchev–Trinajstić information content (AvgIpc) is 2.97. The van der Waals surface area contributed by atoms with Crippen molar-refractivity contribution in [3.63, 3.8) is 0 Å². The molecule has 2 aromatic heterocycles. The van der Waals surface area contributed by atoms with E-state index in [1.54, 1.807) is 10.6 Å². The number of imidazole rings is 1. The van der Waals surface area contributed by atoms with Crippen molar-refractivity contribution >= 4 is 12.1 Å². The lowest BCUT2D eigenvalue weighted by atomic mass is 10.0. The zero-order chi connectivity index (χ0) is 11.0. The molecule has 2 heterocycles. The molecule has 1 aliphatic carbocycles. The Labute approximate surface area is 93.3 Å². The normalized spacial score (nSPS) is 17.0. The van der Waals surface area contributed by atoms with Gasteiger partial charge in [-0.1, -0.05) is 12.8 Å². The molecule has 0 spiro atoms. The van der Waals surface area contributed by atoms with E-state index in [0.717, 1.165) is 6.29 Å². The average molecular weight is 215 g/mol. The second-order valence-electron chi connectivity index (χ2n) is 4.34. The van der Waals surface area contributed by atoms with Gasteiger partial charge < -0.3 is 0 Å². The van der Waals surface area contributed by atoms with Crippen LogP contribution in [-0.4, -0.2) is 20.7 Å². The standard InChI is InChI=1S/C12H13N3O/c16-8-11-6-14-12-13-5-10(7-15(11)12)9-3-1-2-4-9/h5-9H,1-4H2. The molecule has 2 aromatic rings. The van der Waals surface area contributed by atoms with E-state index in [0.29, 0.717) is 17.4 Å². The third kappa shape index (κ3) is 1.41. The Bertz CT molecular complexity index is 526. The molecule has 1 saturated carbocycles. The molecule has 1 fully saturated rings. The van der Waals surface area contributed by atoms with Crippen molar-refractivity contribution in [2.24, 2.45) is 0 Å². The lowest BCUT2D eigenvalue weighted by molar-refractivity contribution is 0.111. The third-order valence-corrected chi connectivity index (χ3v) is 3.36. The van der Waals surface area contributed by atoms with E-state index in [9.17, 15) is 4.79 Å². The number of hydrogen-bond donors (Lipinski definition) is 0. The summed E-state index contributed by atoms with van der Waals surface area (Å²) in [6.07, 6.45) is 11.4. The second-order valence-corrected chi connectivity index (χ2v) is 4.34. The molecule has 0 bridgehead atoms. The molecule has 0 unspecified atom stereocenters. The first kappa shape index (κ1) is 9.51. The van der Waals surface area contributed by atoms with Crippen LogP contribution in [0.5, 0.6) is 0 Å². The predicted molar refractivity (Wildman–Crippen MR) is 59.6 cm³/mol. The molecule has 0 aliphatic heterocycles. The van der Waals surface area contributed by atoms with Crippen molar-refractivity contribution in [1.82, 2.24) is 14.4 Å². The van der Waals surface area contributed by atoms with Gasteiger partial charge in [0.2, 0.25) is 5.78 Å². The van der Waals surface area contributed by atoms with E-state index in [1.165, 1.54) is 31.2 Å². The van der Waals surface area contributed by atoms with E-state index in [1.807, 2.05) is 12.4 Å². The fraction of sp³-hybridized carbons (Fsp3) is 0.417. The number of rotatable bonds is 2. The van der Waals surface area contributed by atoms with Gasteiger partial charge in [-0.2, -0.15) is 0 Å². The van der Waals surface area contributed by atoms with Crippen LogP contribution in [0.25, 0.3) is 5.78 Å². The van der Waals surface area contributed by atoms with Crippen molar-refractivity contribution in [2.75, 3.05) is 0 Å². The van der Waals surface area contributed by atoms with Gasteiger partial charge in [-0.25, -0.2) is 9.97 Å². The number of aldehydes is 1. The molecular weight excluding hydrogens is 202 g/mol. The highest BCUT2D eigenvalue weighted by atomic mass is 16.1. The highest BCUT2D eigenvalue weighted by molar-refractivity contribution is 5.73. The number of aromatic nitrogens is 3. The van der Waals surface area contributed by atoms with E-state index >= 15 is 0 Å². The van der Waals surface area contributed by atoms with Gasteiger partial charge in [-0.3, -0.25) is 9.20 Å². The highest BCUT2D eigenvalue weighted by Gasteiger charge is 2.18. The first-order valence-electron chi connectivity index (χ1n) is 5.66. The van der Waals surface area contributed by atoms with Gasteiger partial charge in [0.25, 0.3) is 0 Å². The minimum atomic E-state index is 0.572. The summed E-state index contributed by atoms with van der Waals surface area (Å²) in [6, 6.07) is 0. The van der Waals surface area contributed by atoms with Crippen LogP contribution in [0.3, 0.4) is 0 Å². The van der Waals surface area contributed by atoms with Gasteiger partial charge in [0, 0.05) is 12.4 Å². The van der Waals surface area contributed by atoms with Crippen LogP contribution in [0.15, 0.2) is 18.6 Å². The predicted octanol–water partition coefficient (Wildman–Crippen LogP) is 2.20. The molecule has 4 heteroatoms. The molecular formula is C12H13N3O. The topological polar surface area (TPSA) is 47.3 Å². The Morgan fingerprint density at radius 3 is 2.75 bits per heavy atom. The summed E-state index contributed by atoms with van der Waals surface area (Å²) in [5.74, 6) is 1.21. The summed E-state index contributed by atoms with van der Waals surface area (Å²) in [7, 11) is 0. The molecule has 0 N–H and O–H groups in total. The van der Waals surface area contributed by atoms with Crippen LogP contribution in [0.2, 0.25) is 0 Å². The van der Waals surface area contributed by atoms with E-state index in [-0.39, 0.29) is 0 Å². The van der Waals surface area contributed by atoms with Crippen molar-refractivity contribution in [3.05, 3.63) is 29.8 Å². The molecule has 82 valence electrons. The summed E-state index contributed by atoms with van der Waals surface area (Å²) >= 11 is 0. The van der Waals surface area contributed by atoms with E-state index in [4.69, 9.17) is 0 Å². The number of carbonyl (C=O) groups is 1. The van der Waals surface area contributed by atoms with Crippen molar-refractivity contribution < 1.29 is 4.79 Å². The summed E-state index contributed by atoms with van der Waals surface area (Å²) in [6.45, 7) is 0. The maximum Gasteiger partial charge on any atom is 0.234 e. The summed E-state index contributed by atoms with van der Waals surface area (Å²) in [5, 5.41) is 0. The van der Waals surface area contributed by atoms with Gasteiger partial charge in [0.05, 0.1) is 6.20 Å². The zero-order valence-corrected chi connectivity index (χ0v) is 8.97. The molecule has 3 rings (SSSR count).